The first-order chi connectivity index (χ1) is 12.0. The molecule has 6 heteroatoms. The van der Waals surface area contributed by atoms with Gasteiger partial charge in [0.15, 0.2) is 0 Å². The van der Waals surface area contributed by atoms with Crippen LogP contribution in [-0.2, 0) is 6.42 Å². The summed E-state index contributed by atoms with van der Waals surface area (Å²) in [6.45, 7) is 1.19. The number of carbonyl (C=O) groups excluding carboxylic acids is 1. The molecule has 0 spiro atoms. The Hall–Kier alpha value is -2.76. The summed E-state index contributed by atoms with van der Waals surface area (Å²) in [5.41, 5.74) is 1.18. The average molecular weight is 342 g/mol. The number of aromatic nitrogens is 1. The van der Waals surface area contributed by atoms with Crippen LogP contribution in [-0.4, -0.2) is 40.0 Å². The van der Waals surface area contributed by atoms with Gasteiger partial charge in [-0.1, -0.05) is 12.1 Å². The molecule has 1 aromatic heterocycles. The van der Waals surface area contributed by atoms with Crippen molar-refractivity contribution >= 4 is 11.9 Å². The van der Waals surface area contributed by atoms with Crippen molar-refractivity contribution in [3.63, 3.8) is 0 Å². The largest absolute Gasteiger partial charge is 0.478 e. The van der Waals surface area contributed by atoms with Crippen molar-refractivity contribution < 1.29 is 19.1 Å². The Labute approximate surface area is 145 Å². The lowest BCUT2D eigenvalue weighted by Gasteiger charge is -2.32. The summed E-state index contributed by atoms with van der Waals surface area (Å²) in [4.78, 5) is 29.2. The number of carboxylic acid groups (broad SMARTS) is 1. The van der Waals surface area contributed by atoms with E-state index in [1.165, 1.54) is 24.4 Å². The van der Waals surface area contributed by atoms with E-state index in [4.69, 9.17) is 5.11 Å². The van der Waals surface area contributed by atoms with Crippen LogP contribution in [0.5, 0.6) is 0 Å². The lowest BCUT2D eigenvalue weighted by Crippen LogP contribution is -2.39. The summed E-state index contributed by atoms with van der Waals surface area (Å²) in [6, 6.07) is 9.29. The van der Waals surface area contributed by atoms with E-state index >= 15 is 0 Å². The molecule has 25 heavy (non-hydrogen) atoms. The monoisotopic (exact) mass is 342 g/mol. The van der Waals surface area contributed by atoms with Gasteiger partial charge in [-0.3, -0.25) is 9.78 Å². The molecule has 3 rings (SSSR count). The zero-order valence-electron chi connectivity index (χ0n) is 13.7. The molecule has 1 fully saturated rings. The van der Waals surface area contributed by atoms with Crippen LogP contribution in [0.25, 0.3) is 0 Å². The van der Waals surface area contributed by atoms with Gasteiger partial charge in [0.25, 0.3) is 5.91 Å². The second kappa shape index (κ2) is 7.42. The first kappa shape index (κ1) is 17.1. The molecule has 1 aliphatic rings. The quantitative estimate of drug-likeness (QED) is 0.927. The van der Waals surface area contributed by atoms with Gasteiger partial charge < -0.3 is 10.0 Å². The second-order valence-electron chi connectivity index (χ2n) is 6.30. The SMILES string of the molecule is O=C(O)c1ccnc(C(=O)N2CCC(Cc3cccc(F)c3)CC2)c1. The van der Waals surface area contributed by atoms with Crippen molar-refractivity contribution in [1.29, 1.82) is 0 Å². The number of aromatic carboxylic acids is 1. The van der Waals surface area contributed by atoms with Gasteiger partial charge in [-0.15, -0.1) is 0 Å². The molecule has 0 saturated carbocycles. The molecule has 130 valence electrons. The van der Waals surface area contributed by atoms with E-state index in [2.05, 4.69) is 4.98 Å². The van der Waals surface area contributed by atoms with Crippen molar-refractivity contribution in [3.05, 3.63) is 65.2 Å². The molecule has 2 aromatic rings. The predicted octanol–water partition coefficient (Wildman–Crippen LogP) is 3.01. The molecule has 0 atom stereocenters. The topological polar surface area (TPSA) is 70.5 Å². The number of amides is 1. The molecule has 5 nitrogen and oxygen atoms in total. The maximum Gasteiger partial charge on any atom is 0.335 e. The number of pyridine rings is 1. The second-order valence-corrected chi connectivity index (χ2v) is 6.30. The number of hydrogen-bond donors (Lipinski definition) is 1. The smallest absolute Gasteiger partial charge is 0.335 e. The third-order valence-electron chi connectivity index (χ3n) is 4.54. The Morgan fingerprint density at radius 2 is 1.96 bits per heavy atom. The number of rotatable bonds is 4. The molecule has 0 unspecified atom stereocenters. The van der Waals surface area contributed by atoms with Gasteiger partial charge in [0.2, 0.25) is 0 Å². The van der Waals surface area contributed by atoms with E-state index in [1.807, 2.05) is 6.07 Å². The number of carbonyl (C=O) groups is 2. The summed E-state index contributed by atoms with van der Waals surface area (Å²) in [6.07, 6.45) is 3.81. The zero-order valence-corrected chi connectivity index (χ0v) is 13.7. The normalized spacial score (nSPS) is 15.2. The van der Waals surface area contributed by atoms with Gasteiger partial charge in [0.1, 0.15) is 11.5 Å². The molecule has 1 saturated heterocycles. The summed E-state index contributed by atoms with van der Waals surface area (Å²) in [7, 11) is 0. The third kappa shape index (κ3) is 4.21. The lowest BCUT2D eigenvalue weighted by atomic mass is 9.90. The highest BCUT2D eigenvalue weighted by Gasteiger charge is 2.25. The summed E-state index contributed by atoms with van der Waals surface area (Å²) >= 11 is 0. The number of benzene rings is 1. The van der Waals surface area contributed by atoms with Crippen molar-refractivity contribution in [2.75, 3.05) is 13.1 Å². The summed E-state index contributed by atoms with van der Waals surface area (Å²) in [5.74, 6) is -1.14. The highest BCUT2D eigenvalue weighted by molar-refractivity contribution is 5.95. The minimum absolute atomic E-state index is 0.0549. The minimum atomic E-state index is -1.08. The van der Waals surface area contributed by atoms with Crippen LogP contribution in [0.1, 0.15) is 39.3 Å². The van der Waals surface area contributed by atoms with Crippen LogP contribution in [0, 0.1) is 11.7 Å². The fourth-order valence-corrected chi connectivity index (χ4v) is 3.18. The molecule has 0 radical (unpaired) electrons. The van der Waals surface area contributed by atoms with E-state index in [0.29, 0.717) is 19.0 Å². The van der Waals surface area contributed by atoms with Crippen LogP contribution in [0.3, 0.4) is 0 Å². The number of nitrogens with zero attached hydrogens (tertiary/aromatic N) is 2. The first-order valence-corrected chi connectivity index (χ1v) is 8.26. The summed E-state index contributed by atoms with van der Waals surface area (Å²) in [5, 5.41) is 9.02. The Bertz CT molecular complexity index is 786. The standard InChI is InChI=1S/C19H19FN2O3/c20-16-3-1-2-14(11-16)10-13-5-8-22(9-6-13)18(23)17-12-15(19(24)25)4-7-21-17/h1-4,7,11-13H,5-6,8-10H2,(H,24,25). The highest BCUT2D eigenvalue weighted by atomic mass is 19.1. The number of carboxylic acids is 1. The number of hydrogen-bond acceptors (Lipinski definition) is 3. The fourth-order valence-electron chi connectivity index (χ4n) is 3.18. The minimum Gasteiger partial charge on any atom is -0.478 e. The zero-order chi connectivity index (χ0) is 17.8. The molecule has 1 N–H and O–H groups in total. The van der Waals surface area contributed by atoms with Crippen molar-refractivity contribution in [2.45, 2.75) is 19.3 Å². The van der Waals surface area contributed by atoms with E-state index in [0.717, 1.165) is 24.8 Å². The Morgan fingerprint density at radius 1 is 1.20 bits per heavy atom. The maximum absolute atomic E-state index is 13.3. The van der Waals surface area contributed by atoms with Gasteiger partial charge in [-0.25, -0.2) is 9.18 Å². The van der Waals surface area contributed by atoms with Crippen LogP contribution >= 0.6 is 0 Å². The Balaban J connectivity index is 1.59. The number of halogens is 1. The lowest BCUT2D eigenvalue weighted by molar-refractivity contribution is 0.0684. The Morgan fingerprint density at radius 3 is 2.64 bits per heavy atom. The highest BCUT2D eigenvalue weighted by Crippen LogP contribution is 2.23. The molecule has 2 heterocycles. The van der Waals surface area contributed by atoms with Gasteiger partial charge in [0.05, 0.1) is 5.56 Å². The maximum atomic E-state index is 13.3. The van der Waals surface area contributed by atoms with Gasteiger partial charge in [0, 0.05) is 19.3 Å². The van der Waals surface area contributed by atoms with Crippen LogP contribution in [0.4, 0.5) is 4.39 Å². The van der Waals surface area contributed by atoms with Gasteiger partial charge >= 0.3 is 5.97 Å². The van der Waals surface area contributed by atoms with E-state index in [-0.39, 0.29) is 23.0 Å². The summed E-state index contributed by atoms with van der Waals surface area (Å²) < 4.78 is 13.3. The molecule has 1 amide bonds. The Kier molecular flexibility index (Phi) is 5.07. The van der Waals surface area contributed by atoms with Gasteiger partial charge in [-0.2, -0.15) is 0 Å². The van der Waals surface area contributed by atoms with Crippen LogP contribution in [0.2, 0.25) is 0 Å². The predicted molar refractivity (Wildman–Crippen MR) is 89.9 cm³/mol. The van der Waals surface area contributed by atoms with Crippen LogP contribution < -0.4 is 0 Å². The molecule has 0 aliphatic carbocycles. The van der Waals surface area contributed by atoms with Crippen molar-refractivity contribution in [1.82, 2.24) is 9.88 Å². The molecule has 1 aliphatic heterocycles. The molecule has 1 aromatic carbocycles. The molecular weight excluding hydrogens is 323 g/mol. The number of likely N-dealkylation sites (tertiary alicyclic amines) is 1. The number of piperidine rings is 1. The van der Waals surface area contributed by atoms with Crippen molar-refractivity contribution in [3.8, 4) is 0 Å². The first-order valence-electron chi connectivity index (χ1n) is 8.26. The van der Waals surface area contributed by atoms with E-state index < -0.39 is 5.97 Å². The third-order valence-corrected chi connectivity index (χ3v) is 4.54. The fraction of sp³-hybridized carbons (Fsp3) is 0.316. The van der Waals surface area contributed by atoms with Crippen LogP contribution in [0.15, 0.2) is 42.6 Å². The van der Waals surface area contributed by atoms with Crippen molar-refractivity contribution in [2.24, 2.45) is 5.92 Å². The van der Waals surface area contributed by atoms with E-state index in [1.54, 1.807) is 17.0 Å². The molecule has 0 bridgehead atoms. The van der Waals surface area contributed by atoms with E-state index in [9.17, 15) is 14.0 Å². The average Bonchev–Trinajstić information content (AvgIpc) is 2.62. The van der Waals surface area contributed by atoms with Gasteiger partial charge in [-0.05, 0) is 55.0 Å². The molecular formula is C19H19FN2O3.